The van der Waals surface area contributed by atoms with Crippen LogP contribution < -0.4 is 5.32 Å². The monoisotopic (exact) mass is 286 g/mol. The molecular formula is C14H10N2O3S. The number of carbonyl (C=O) groups excluding carboxylic acids is 1. The van der Waals surface area contributed by atoms with E-state index in [1.54, 1.807) is 42.5 Å². The van der Waals surface area contributed by atoms with Crippen LogP contribution in [-0.4, -0.2) is 20.0 Å². The molecule has 5 nitrogen and oxygen atoms in total. The van der Waals surface area contributed by atoms with E-state index in [0.717, 1.165) is 0 Å². The summed E-state index contributed by atoms with van der Waals surface area (Å²) in [6.45, 7) is 0. The molecule has 0 bridgehead atoms. The summed E-state index contributed by atoms with van der Waals surface area (Å²) in [5.41, 5.74) is 0.987. The number of fused-ring (bicyclic) bond motifs is 1. The van der Waals surface area contributed by atoms with Gasteiger partial charge in [-0.15, -0.1) is 0 Å². The number of hydrogen-bond acceptors (Lipinski definition) is 3. The van der Waals surface area contributed by atoms with Crippen molar-refractivity contribution >= 4 is 27.3 Å². The fourth-order valence-corrected chi connectivity index (χ4v) is 2.99. The maximum Gasteiger partial charge on any atom is 0.283 e. The van der Waals surface area contributed by atoms with E-state index in [1.807, 2.05) is 0 Å². The number of carbonyl (C=O) groups is 1. The number of nitrogens with zero attached hydrogens (tertiary/aromatic N) is 1. The molecule has 0 radical (unpaired) electrons. The lowest BCUT2D eigenvalue weighted by atomic mass is 10.1. The van der Waals surface area contributed by atoms with Gasteiger partial charge >= 0.3 is 0 Å². The molecule has 0 aromatic heterocycles. The third kappa shape index (κ3) is 2.10. The van der Waals surface area contributed by atoms with Gasteiger partial charge in [-0.1, -0.05) is 36.4 Å². The zero-order valence-corrected chi connectivity index (χ0v) is 11.1. The lowest BCUT2D eigenvalue weighted by Gasteiger charge is -2.00. The van der Waals surface area contributed by atoms with Crippen molar-refractivity contribution in [2.75, 3.05) is 5.32 Å². The summed E-state index contributed by atoms with van der Waals surface area (Å²) in [5.74, 6) is -0.509. The second-order valence-electron chi connectivity index (χ2n) is 4.23. The number of hydrogen-bond donors (Lipinski definition) is 1. The van der Waals surface area contributed by atoms with Crippen molar-refractivity contribution < 1.29 is 13.2 Å². The number of amides is 1. The largest absolute Gasteiger partial charge is 0.320 e. The third-order valence-corrected chi connectivity index (χ3v) is 4.19. The molecule has 0 fully saturated rings. The fraction of sp³-hybridized carbons (Fsp3) is 0. The van der Waals surface area contributed by atoms with E-state index in [4.69, 9.17) is 0 Å². The van der Waals surface area contributed by atoms with E-state index < -0.39 is 15.9 Å². The summed E-state index contributed by atoms with van der Waals surface area (Å²) in [6, 6.07) is 14.7. The second kappa shape index (κ2) is 4.57. The average molecular weight is 286 g/mol. The Labute approximate surface area is 116 Å². The lowest BCUT2D eigenvalue weighted by Crippen LogP contribution is -2.16. The molecule has 0 unspecified atom stereocenters. The second-order valence-corrected chi connectivity index (χ2v) is 5.83. The number of sulfonamides is 1. The van der Waals surface area contributed by atoms with Crippen LogP contribution in [0.25, 0.3) is 0 Å². The van der Waals surface area contributed by atoms with E-state index in [2.05, 4.69) is 9.71 Å². The first-order valence-electron chi connectivity index (χ1n) is 5.89. The molecule has 1 aliphatic heterocycles. The van der Waals surface area contributed by atoms with Gasteiger partial charge in [0, 0.05) is 5.56 Å². The van der Waals surface area contributed by atoms with Gasteiger partial charge in [0.15, 0.2) is 5.71 Å². The van der Waals surface area contributed by atoms with E-state index in [0.29, 0.717) is 11.3 Å². The maximum absolute atomic E-state index is 12.2. The molecular weight excluding hydrogens is 276 g/mol. The van der Waals surface area contributed by atoms with Gasteiger partial charge in [0.05, 0.1) is 10.6 Å². The number of rotatable bonds is 2. The number of benzene rings is 2. The van der Waals surface area contributed by atoms with Gasteiger partial charge in [-0.05, 0) is 18.2 Å². The van der Waals surface area contributed by atoms with Crippen LogP contribution in [0.5, 0.6) is 0 Å². The first kappa shape index (κ1) is 12.6. The molecule has 1 heterocycles. The summed E-state index contributed by atoms with van der Waals surface area (Å²) in [5, 5.41) is 2.59. The van der Waals surface area contributed by atoms with Crippen LogP contribution >= 0.6 is 0 Å². The Morgan fingerprint density at radius 3 is 2.30 bits per heavy atom. The molecule has 0 aliphatic carbocycles. The van der Waals surface area contributed by atoms with Crippen LogP contribution in [-0.2, 0) is 14.8 Å². The van der Waals surface area contributed by atoms with Crippen molar-refractivity contribution in [3.8, 4) is 0 Å². The van der Waals surface area contributed by atoms with Crippen LogP contribution in [0.4, 0.5) is 5.69 Å². The van der Waals surface area contributed by atoms with Crippen LogP contribution in [0.3, 0.4) is 0 Å². The first-order chi connectivity index (χ1) is 9.58. The molecule has 6 heteroatoms. The fourth-order valence-electron chi connectivity index (χ4n) is 1.96. The Bertz CT molecular complexity index is 811. The Kier molecular flexibility index (Phi) is 2.87. The minimum absolute atomic E-state index is 0.0599. The summed E-state index contributed by atoms with van der Waals surface area (Å²) in [6.07, 6.45) is 0. The summed E-state index contributed by atoms with van der Waals surface area (Å²) in [7, 11) is -3.89. The van der Waals surface area contributed by atoms with Gasteiger partial charge in [0.2, 0.25) is 0 Å². The summed E-state index contributed by atoms with van der Waals surface area (Å²) in [4.78, 5) is 11.9. The Morgan fingerprint density at radius 1 is 0.900 bits per heavy atom. The first-order valence-corrected chi connectivity index (χ1v) is 7.33. The predicted octanol–water partition coefficient (Wildman–Crippen LogP) is 1.82. The topological polar surface area (TPSA) is 75.6 Å². The van der Waals surface area contributed by atoms with Gasteiger partial charge in [-0.3, -0.25) is 4.79 Å². The highest BCUT2D eigenvalue weighted by atomic mass is 32.2. The number of nitrogens with one attached hydrogen (secondary N) is 1. The zero-order chi connectivity index (χ0) is 14.2. The van der Waals surface area contributed by atoms with Crippen molar-refractivity contribution in [3.63, 3.8) is 0 Å². The third-order valence-electron chi connectivity index (χ3n) is 2.90. The minimum atomic E-state index is -3.89. The standard InChI is InChI=1S/C14H10N2O3S/c17-14-13(11-8-4-5-9-12(11)15-14)16-20(18,19)10-6-2-1-3-7-10/h1-9H,(H,15,16,17). The van der Waals surface area contributed by atoms with Crippen molar-refractivity contribution in [2.45, 2.75) is 4.90 Å². The highest BCUT2D eigenvalue weighted by Gasteiger charge is 2.28. The molecule has 2 aromatic carbocycles. The number of anilines is 1. The van der Waals surface area contributed by atoms with Gasteiger partial charge in [-0.2, -0.15) is 12.8 Å². The molecule has 100 valence electrons. The summed E-state index contributed by atoms with van der Waals surface area (Å²) < 4.78 is 28.0. The van der Waals surface area contributed by atoms with Gasteiger partial charge in [0.1, 0.15) is 0 Å². The van der Waals surface area contributed by atoms with Gasteiger partial charge < -0.3 is 5.32 Å². The normalized spacial score (nSPS) is 16.0. The molecule has 0 saturated heterocycles. The smallest absolute Gasteiger partial charge is 0.283 e. The molecule has 1 amide bonds. The molecule has 0 atom stereocenters. The van der Waals surface area contributed by atoms with Crippen LogP contribution in [0.15, 0.2) is 63.9 Å². The van der Waals surface area contributed by atoms with Crippen molar-refractivity contribution in [1.82, 2.24) is 0 Å². The Hall–Kier alpha value is -2.47. The van der Waals surface area contributed by atoms with E-state index in [-0.39, 0.29) is 10.6 Å². The van der Waals surface area contributed by atoms with E-state index in [1.165, 1.54) is 12.1 Å². The molecule has 3 rings (SSSR count). The Balaban J connectivity index is 2.12. The van der Waals surface area contributed by atoms with Crippen LogP contribution in [0.1, 0.15) is 5.56 Å². The summed E-state index contributed by atoms with van der Waals surface area (Å²) >= 11 is 0. The van der Waals surface area contributed by atoms with Crippen molar-refractivity contribution in [3.05, 3.63) is 60.2 Å². The Morgan fingerprint density at radius 2 is 1.55 bits per heavy atom. The number of para-hydroxylation sites is 1. The van der Waals surface area contributed by atoms with Crippen molar-refractivity contribution in [2.24, 2.45) is 4.40 Å². The highest BCUT2D eigenvalue weighted by Crippen LogP contribution is 2.24. The molecule has 1 aliphatic rings. The zero-order valence-electron chi connectivity index (χ0n) is 10.3. The predicted molar refractivity (Wildman–Crippen MR) is 75.2 cm³/mol. The SMILES string of the molecule is O=C1Nc2ccccc2/C1=N\S(=O)(=O)c1ccccc1. The average Bonchev–Trinajstić information content (AvgIpc) is 2.76. The van der Waals surface area contributed by atoms with Crippen LogP contribution in [0.2, 0.25) is 0 Å². The lowest BCUT2D eigenvalue weighted by molar-refractivity contribution is -0.110. The maximum atomic E-state index is 12.2. The minimum Gasteiger partial charge on any atom is -0.320 e. The highest BCUT2D eigenvalue weighted by molar-refractivity contribution is 7.90. The molecule has 0 spiro atoms. The molecule has 20 heavy (non-hydrogen) atoms. The van der Waals surface area contributed by atoms with E-state index >= 15 is 0 Å². The molecule has 2 aromatic rings. The van der Waals surface area contributed by atoms with Crippen molar-refractivity contribution in [1.29, 1.82) is 0 Å². The van der Waals surface area contributed by atoms with Gasteiger partial charge in [0.25, 0.3) is 15.9 Å². The van der Waals surface area contributed by atoms with Gasteiger partial charge in [-0.25, -0.2) is 0 Å². The van der Waals surface area contributed by atoms with Crippen LogP contribution in [0, 0.1) is 0 Å². The quantitative estimate of drug-likeness (QED) is 0.915. The van der Waals surface area contributed by atoms with E-state index in [9.17, 15) is 13.2 Å². The molecule has 1 N–H and O–H groups in total. The molecule has 0 saturated carbocycles.